The Hall–Kier alpha value is -5.19. The van der Waals surface area contributed by atoms with E-state index in [0.29, 0.717) is 0 Å². The smallest absolute Gasteiger partial charge is 0.143 e. The van der Waals surface area contributed by atoms with Crippen molar-refractivity contribution >= 4 is 27.4 Å². The summed E-state index contributed by atoms with van der Waals surface area (Å²) in [6, 6.07) is 27.5. The van der Waals surface area contributed by atoms with Gasteiger partial charge < -0.3 is 4.57 Å². The molecular weight excluding hydrogens is 493 g/mol. The van der Waals surface area contributed by atoms with E-state index in [1.165, 1.54) is 17.7 Å². The molecule has 40 heavy (non-hydrogen) atoms. The molecule has 1 aliphatic carbocycles. The third-order valence-corrected chi connectivity index (χ3v) is 8.06. The fourth-order valence-corrected chi connectivity index (χ4v) is 6.16. The molecule has 3 nitrogen and oxygen atoms in total. The molecule has 0 amide bonds. The van der Waals surface area contributed by atoms with Gasteiger partial charge >= 0.3 is 0 Å². The predicted molar refractivity (Wildman–Crippen MR) is 161 cm³/mol. The summed E-state index contributed by atoms with van der Waals surface area (Å²) in [7, 11) is 0. The van der Waals surface area contributed by atoms with Crippen LogP contribution in [0.3, 0.4) is 0 Å². The highest BCUT2D eigenvalue weighted by Gasteiger charge is 2.36. The molecule has 0 atom stereocenters. The van der Waals surface area contributed by atoms with E-state index in [4.69, 9.17) is 0 Å². The summed E-state index contributed by atoms with van der Waals surface area (Å²) >= 11 is 0. The van der Waals surface area contributed by atoms with Crippen LogP contribution in [0.5, 0.6) is 0 Å². The third kappa shape index (κ3) is 3.47. The van der Waals surface area contributed by atoms with Gasteiger partial charge in [0.15, 0.2) is 0 Å². The number of aromatic nitrogens is 1. The minimum absolute atomic E-state index is 0.149. The number of hydrogen-bond donors (Lipinski definition) is 0. The van der Waals surface area contributed by atoms with Crippen molar-refractivity contribution in [3.8, 4) is 29.0 Å². The van der Waals surface area contributed by atoms with E-state index in [2.05, 4.69) is 62.9 Å². The monoisotopic (exact) mass is 519 g/mol. The van der Waals surface area contributed by atoms with E-state index in [1.54, 1.807) is 0 Å². The van der Waals surface area contributed by atoms with Gasteiger partial charge in [-0.2, -0.15) is 10.5 Å². The molecule has 1 aromatic heterocycles. The second kappa shape index (κ2) is 9.23. The van der Waals surface area contributed by atoms with Crippen molar-refractivity contribution < 1.29 is 4.39 Å². The van der Waals surface area contributed by atoms with Crippen LogP contribution in [0.2, 0.25) is 0 Å². The maximum atomic E-state index is 15.0. The molecule has 0 unspecified atom stereocenters. The zero-order chi connectivity index (χ0) is 28.2. The van der Waals surface area contributed by atoms with Crippen LogP contribution in [-0.2, 0) is 5.41 Å². The van der Waals surface area contributed by atoms with Crippen LogP contribution in [0.15, 0.2) is 103 Å². The first-order valence-electron chi connectivity index (χ1n) is 13.2. The molecule has 0 N–H and O–H groups in total. The first-order valence-corrected chi connectivity index (χ1v) is 13.2. The maximum Gasteiger partial charge on any atom is 0.143 e. The molecular formula is C36H26FN3. The van der Waals surface area contributed by atoms with Crippen LogP contribution in [0.4, 0.5) is 4.39 Å². The highest BCUT2D eigenvalue weighted by molar-refractivity contribution is 6.12. The summed E-state index contributed by atoms with van der Waals surface area (Å²) in [5.74, 6) is -0.653. The molecule has 4 heteroatoms. The van der Waals surface area contributed by atoms with Crippen LogP contribution < -0.4 is 0 Å². The Morgan fingerprint density at radius 3 is 2.30 bits per heavy atom. The number of allylic oxidation sites excluding steroid dienone is 5. The minimum atomic E-state index is -0.653. The number of hydrogen-bond acceptors (Lipinski definition) is 2. The van der Waals surface area contributed by atoms with E-state index in [-0.39, 0.29) is 22.2 Å². The number of rotatable bonds is 4. The molecule has 0 spiro atoms. The van der Waals surface area contributed by atoms with Gasteiger partial charge in [0.05, 0.1) is 22.3 Å². The average Bonchev–Trinajstić information content (AvgIpc) is 3.39. The molecule has 5 aromatic rings. The highest BCUT2D eigenvalue weighted by Crippen LogP contribution is 2.50. The van der Waals surface area contributed by atoms with Crippen molar-refractivity contribution in [1.29, 1.82) is 10.5 Å². The Morgan fingerprint density at radius 1 is 0.875 bits per heavy atom. The molecule has 4 aromatic carbocycles. The Kier molecular flexibility index (Phi) is 5.79. The molecule has 0 saturated carbocycles. The number of halogens is 1. The number of benzene rings is 4. The highest BCUT2D eigenvalue weighted by atomic mass is 19.1. The lowest BCUT2D eigenvalue weighted by molar-refractivity contribution is 0.622. The normalized spacial score (nSPS) is 14.1. The second-order valence-corrected chi connectivity index (χ2v) is 10.5. The third-order valence-electron chi connectivity index (χ3n) is 8.06. The van der Waals surface area contributed by atoms with Gasteiger partial charge in [-0.25, -0.2) is 4.39 Å². The number of nitrogens with zero attached hydrogens (tertiary/aromatic N) is 3. The van der Waals surface area contributed by atoms with E-state index in [0.717, 1.165) is 49.6 Å². The summed E-state index contributed by atoms with van der Waals surface area (Å²) < 4.78 is 16.9. The number of nitriles is 2. The minimum Gasteiger partial charge on any atom is -0.307 e. The van der Waals surface area contributed by atoms with Crippen molar-refractivity contribution in [2.45, 2.75) is 26.2 Å². The van der Waals surface area contributed by atoms with Crippen LogP contribution in [0.1, 0.15) is 43.0 Å². The van der Waals surface area contributed by atoms with Gasteiger partial charge in [-0.1, -0.05) is 75.1 Å². The van der Waals surface area contributed by atoms with Gasteiger partial charge in [0.1, 0.15) is 23.5 Å². The van der Waals surface area contributed by atoms with Gasteiger partial charge in [0, 0.05) is 16.2 Å². The van der Waals surface area contributed by atoms with Gasteiger partial charge in [-0.15, -0.1) is 0 Å². The van der Waals surface area contributed by atoms with Crippen molar-refractivity contribution in [2.75, 3.05) is 0 Å². The second-order valence-electron chi connectivity index (χ2n) is 10.5. The van der Waals surface area contributed by atoms with Crippen molar-refractivity contribution in [3.63, 3.8) is 0 Å². The molecule has 0 radical (unpaired) electrons. The first kappa shape index (κ1) is 25.1. The number of fused-ring (bicyclic) bond motifs is 4. The lowest BCUT2D eigenvalue weighted by atomic mass is 9.80. The maximum absolute atomic E-state index is 15.0. The molecule has 1 aliphatic rings. The standard InChI is InChI=1S/C36H26FN3/c1-5-10-30-25(6-2)26-18-28-27-17-23(22-11-8-7-9-12-22)14-16-33(27)40(34(28)19-31(26)36(30,3)4)35-24(20-38)13-15-32(37)29(35)21-39/h5-19H,2H2,1,3-4H3/b10-5-. The molecule has 0 saturated heterocycles. The quantitative estimate of drug-likeness (QED) is 0.238. The first-order chi connectivity index (χ1) is 19.3. The topological polar surface area (TPSA) is 52.5 Å². The molecule has 0 bridgehead atoms. The van der Waals surface area contributed by atoms with Crippen molar-refractivity contribution in [2.24, 2.45) is 0 Å². The van der Waals surface area contributed by atoms with Crippen LogP contribution >= 0.6 is 0 Å². The predicted octanol–water partition coefficient (Wildman–Crippen LogP) is 9.14. The van der Waals surface area contributed by atoms with Crippen molar-refractivity contribution in [3.05, 3.63) is 131 Å². The fraction of sp³-hybridized carbons (Fsp3) is 0.111. The fourth-order valence-electron chi connectivity index (χ4n) is 6.16. The summed E-state index contributed by atoms with van der Waals surface area (Å²) in [5.41, 5.74) is 8.26. The Balaban J connectivity index is 1.81. The zero-order valence-electron chi connectivity index (χ0n) is 22.6. The van der Waals surface area contributed by atoms with Crippen molar-refractivity contribution in [1.82, 2.24) is 4.57 Å². The van der Waals surface area contributed by atoms with E-state index < -0.39 is 5.82 Å². The zero-order valence-corrected chi connectivity index (χ0v) is 22.6. The van der Waals surface area contributed by atoms with E-state index >= 15 is 4.39 Å². The molecule has 6 rings (SSSR count). The Bertz CT molecular complexity index is 2020. The van der Waals surface area contributed by atoms with Crippen LogP contribution in [0.25, 0.3) is 44.2 Å². The van der Waals surface area contributed by atoms with Crippen LogP contribution in [-0.4, -0.2) is 4.57 Å². The largest absolute Gasteiger partial charge is 0.307 e. The Labute approximate surface area is 233 Å². The summed E-state index contributed by atoms with van der Waals surface area (Å²) in [6.07, 6.45) is 6.09. The van der Waals surface area contributed by atoms with E-state index in [1.807, 2.05) is 60.0 Å². The summed E-state index contributed by atoms with van der Waals surface area (Å²) in [5, 5.41) is 22.0. The van der Waals surface area contributed by atoms with Gasteiger partial charge in [0.25, 0.3) is 0 Å². The lowest BCUT2D eigenvalue weighted by Crippen LogP contribution is -2.16. The summed E-state index contributed by atoms with van der Waals surface area (Å²) in [4.78, 5) is 0. The van der Waals surface area contributed by atoms with Crippen LogP contribution in [0, 0.1) is 28.5 Å². The SMILES string of the molecule is C=CC1=C(/C=C\C)C(C)(C)c2cc3c(cc21)c1cc(-c2ccccc2)ccc1n3-c1c(C#N)ccc(F)c1C#N. The lowest BCUT2D eigenvalue weighted by Gasteiger charge is -2.23. The summed E-state index contributed by atoms with van der Waals surface area (Å²) in [6.45, 7) is 10.5. The molecule has 0 fully saturated rings. The molecule has 1 heterocycles. The van der Waals surface area contributed by atoms with Gasteiger partial charge in [-0.3, -0.25) is 0 Å². The average molecular weight is 520 g/mol. The van der Waals surface area contributed by atoms with E-state index in [9.17, 15) is 10.5 Å². The molecule has 192 valence electrons. The van der Waals surface area contributed by atoms with Gasteiger partial charge in [0.2, 0.25) is 0 Å². The van der Waals surface area contributed by atoms with Gasteiger partial charge in [-0.05, 0) is 76.7 Å². The Morgan fingerprint density at radius 2 is 1.62 bits per heavy atom. The molecule has 0 aliphatic heterocycles.